The number of β-amino-alcohol motifs (C(OH)–C–C–N with tert-alkyl or cyclic N) is 1. The summed E-state index contributed by atoms with van der Waals surface area (Å²) in [7, 11) is 0. The van der Waals surface area contributed by atoms with Crippen molar-refractivity contribution in [3.63, 3.8) is 0 Å². The Morgan fingerprint density at radius 1 is 0.795 bits per heavy atom. The molecule has 2 aliphatic rings. The summed E-state index contributed by atoms with van der Waals surface area (Å²) >= 11 is 0. The quantitative estimate of drug-likeness (QED) is 0.251. The molecule has 0 aliphatic carbocycles. The van der Waals surface area contributed by atoms with Crippen molar-refractivity contribution in [1.82, 2.24) is 19.6 Å². The molecule has 9 nitrogen and oxygen atoms in total. The van der Waals surface area contributed by atoms with E-state index in [1.807, 2.05) is 54.6 Å². The molecule has 3 amide bonds. The Kier molecular flexibility index (Phi) is 12.7. The van der Waals surface area contributed by atoms with Crippen LogP contribution < -0.4 is 0 Å². The average Bonchev–Trinajstić information content (AvgIpc) is 3.21. The van der Waals surface area contributed by atoms with E-state index in [2.05, 4.69) is 21.9 Å². The molecule has 0 radical (unpaired) electrons. The maximum Gasteiger partial charge on any atom is 0.328 e. The number of esters is 1. The van der Waals surface area contributed by atoms with Gasteiger partial charge in [0.05, 0.1) is 19.3 Å². The minimum atomic E-state index is -1.54. The molecule has 11 heteroatoms. The largest absolute Gasteiger partial charge is 0.465 e. The number of carbonyl (C=O) groups is 3. The lowest BCUT2D eigenvalue weighted by Gasteiger charge is -2.39. The molecular formula is C33H40Cl2N4O5. The maximum absolute atomic E-state index is 14.3. The first-order chi connectivity index (χ1) is 20.4. The summed E-state index contributed by atoms with van der Waals surface area (Å²) in [5.74, 6) is -1.20. The molecule has 0 aromatic heterocycles. The Morgan fingerprint density at radius 2 is 1.30 bits per heavy atom. The van der Waals surface area contributed by atoms with Crippen LogP contribution in [0.2, 0.25) is 0 Å². The van der Waals surface area contributed by atoms with Gasteiger partial charge in [-0.2, -0.15) is 0 Å². The molecule has 2 fully saturated rings. The topological polar surface area (TPSA) is 93.6 Å². The third-order valence-electron chi connectivity index (χ3n) is 7.97. The molecule has 1 unspecified atom stereocenters. The van der Waals surface area contributed by atoms with Crippen molar-refractivity contribution in [2.75, 3.05) is 52.4 Å². The number of benzene rings is 3. The highest BCUT2D eigenvalue weighted by Gasteiger charge is 2.60. The minimum Gasteiger partial charge on any atom is -0.465 e. The molecule has 3 aromatic rings. The number of imide groups is 1. The SMILES string of the molecule is CCOC(=O)CN1C(=O)N(CC(O)CN2CCN(Cc3ccccc3)CC2)C(c2ccccc2)(c2ccccc2)C1=O.Cl.Cl. The van der Waals surface area contributed by atoms with Gasteiger partial charge in [-0.25, -0.2) is 4.79 Å². The number of aliphatic hydroxyl groups excluding tert-OH is 1. The normalized spacial score (nSPS) is 17.5. The molecule has 2 saturated heterocycles. The van der Waals surface area contributed by atoms with Gasteiger partial charge in [-0.3, -0.25) is 29.2 Å². The zero-order chi connectivity index (χ0) is 29.5. The highest BCUT2D eigenvalue weighted by atomic mass is 35.5. The number of urea groups is 1. The summed E-state index contributed by atoms with van der Waals surface area (Å²) in [6.45, 7) is 5.78. The smallest absolute Gasteiger partial charge is 0.328 e. The van der Waals surface area contributed by atoms with Gasteiger partial charge >= 0.3 is 12.0 Å². The van der Waals surface area contributed by atoms with Gasteiger partial charge in [0.1, 0.15) is 6.54 Å². The molecule has 5 rings (SSSR count). The average molecular weight is 644 g/mol. The van der Waals surface area contributed by atoms with Crippen LogP contribution in [0.25, 0.3) is 0 Å². The van der Waals surface area contributed by atoms with E-state index in [1.54, 1.807) is 31.2 Å². The van der Waals surface area contributed by atoms with Crippen LogP contribution in [0.3, 0.4) is 0 Å². The summed E-state index contributed by atoms with van der Waals surface area (Å²) in [6, 6.07) is 27.9. The van der Waals surface area contributed by atoms with Crippen molar-refractivity contribution in [1.29, 1.82) is 0 Å². The molecule has 2 aliphatic heterocycles. The van der Waals surface area contributed by atoms with E-state index in [9.17, 15) is 19.5 Å². The lowest BCUT2D eigenvalue weighted by molar-refractivity contribution is -0.147. The van der Waals surface area contributed by atoms with Crippen LogP contribution in [0.5, 0.6) is 0 Å². The summed E-state index contributed by atoms with van der Waals surface area (Å²) in [5, 5.41) is 11.4. The third-order valence-corrected chi connectivity index (χ3v) is 7.97. The van der Waals surface area contributed by atoms with Crippen molar-refractivity contribution in [2.45, 2.75) is 25.1 Å². The van der Waals surface area contributed by atoms with E-state index in [0.29, 0.717) is 17.7 Å². The van der Waals surface area contributed by atoms with E-state index in [-0.39, 0.29) is 38.0 Å². The van der Waals surface area contributed by atoms with Gasteiger partial charge in [-0.15, -0.1) is 24.8 Å². The highest BCUT2D eigenvalue weighted by molar-refractivity contribution is 6.11. The standard InChI is InChI=1S/C33H38N4O5.2ClH/c1-2-42-30(39)25-36-31(40)33(27-14-8-4-9-15-27,28-16-10-5-11-17-28)37(32(36)41)24-29(38)23-35-20-18-34(19-21-35)22-26-12-6-3-7-13-26;;/h3-17,29,38H,2,18-25H2,1H3;2*1H. The molecule has 236 valence electrons. The number of ether oxygens (including phenoxy) is 1. The fraction of sp³-hybridized carbons (Fsp3) is 0.364. The van der Waals surface area contributed by atoms with Crippen LogP contribution in [-0.4, -0.2) is 101 Å². The van der Waals surface area contributed by atoms with Crippen LogP contribution in [0.1, 0.15) is 23.6 Å². The molecule has 1 atom stereocenters. The van der Waals surface area contributed by atoms with Gasteiger partial charge in [0.25, 0.3) is 5.91 Å². The number of hydrogen-bond acceptors (Lipinski definition) is 7. The van der Waals surface area contributed by atoms with Crippen molar-refractivity contribution < 1.29 is 24.2 Å². The lowest BCUT2D eigenvalue weighted by atomic mass is 9.81. The van der Waals surface area contributed by atoms with Gasteiger partial charge in [-0.1, -0.05) is 91.0 Å². The second-order valence-electron chi connectivity index (χ2n) is 10.7. The summed E-state index contributed by atoms with van der Waals surface area (Å²) in [4.78, 5) is 47.7. The van der Waals surface area contributed by atoms with Crippen LogP contribution in [0.4, 0.5) is 4.79 Å². The minimum absolute atomic E-state index is 0. The van der Waals surface area contributed by atoms with Crippen LogP contribution >= 0.6 is 24.8 Å². The number of piperazine rings is 1. The Hall–Kier alpha value is -3.47. The van der Waals surface area contributed by atoms with Gasteiger partial charge in [0, 0.05) is 39.3 Å². The second kappa shape index (κ2) is 16.0. The number of aliphatic hydroxyl groups is 1. The number of amides is 3. The van der Waals surface area contributed by atoms with E-state index in [0.717, 1.165) is 37.6 Å². The van der Waals surface area contributed by atoms with Gasteiger partial charge in [0.15, 0.2) is 5.54 Å². The van der Waals surface area contributed by atoms with Crippen LogP contribution in [0, 0.1) is 0 Å². The molecule has 0 spiro atoms. The molecule has 3 aromatic carbocycles. The zero-order valence-electron chi connectivity index (χ0n) is 24.8. The number of rotatable bonds is 11. The first-order valence-electron chi connectivity index (χ1n) is 14.5. The fourth-order valence-corrected chi connectivity index (χ4v) is 6.00. The van der Waals surface area contributed by atoms with E-state index < -0.39 is 36.1 Å². The van der Waals surface area contributed by atoms with Gasteiger partial charge in [-0.05, 0) is 23.6 Å². The molecule has 0 saturated carbocycles. The summed E-state index contributed by atoms with van der Waals surface area (Å²) in [6.07, 6.45) is -0.920. The first kappa shape index (κ1) is 35.0. The highest BCUT2D eigenvalue weighted by Crippen LogP contribution is 2.43. The molecular weight excluding hydrogens is 603 g/mol. The molecule has 2 heterocycles. The zero-order valence-corrected chi connectivity index (χ0v) is 26.4. The predicted octanol–water partition coefficient (Wildman–Crippen LogP) is 3.78. The molecule has 44 heavy (non-hydrogen) atoms. The van der Waals surface area contributed by atoms with Crippen molar-refractivity contribution >= 4 is 42.7 Å². The summed E-state index contributed by atoms with van der Waals surface area (Å²) < 4.78 is 5.08. The Bertz CT molecular complexity index is 1320. The van der Waals surface area contributed by atoms with Crippen molar-refractivity contribution in [3.8, 4) is 0 Å². The van der Waals surface area contributed by atoms with E-state index in [1.165, 1.54) is 10.5 Å². The maximum atomic E-state index is 14.3. The number of hydrogen-bond donors (Lipinski definition) is 1. The van der Waals surface area contributed by atoms with Gasteiger partial charge < -0.3 is 9.84 Å². The predicted molar refractivity (Wildman–Crippen MR) is 173 cm³/mol. The van der Waals surface area contributed by atoms with Crippen molar-refractivity contribution in [3.05, 3.63) is 108 Å². The Balaban J connectivity index is 0.00000264. The number of carbonyl (C=O) groups excluding carboxylic acids is 3. The Morgan fingerprint density at radius 3 is 1.82 bits per heavy atom. The second-order valence-corrected chi connectivity index (χ2v) is 10.7. The lowest BCUT2D eigenvalue weighted by Crippen LogP contribution is -2.53. The Labute approximate surface area is 271 Å². The number of nitrogens with zero attached hydrogens (tertiary/aromatic N) is 4. The third kappa shape index (κ3) is 7.42. The van der Waals surface area contributed by atoms with E-state index in [4.69, 9.17) is 4.74 Å². The molecule has 0 bridgehead atoms. The first-order valence-corrected chi connectivity index (χ1v) is 14.5. The van der Waals surface area contributed by atoms with Crippen LogP contribution in [-0.2, 0) is 26.4 Å². The fourth-order valence-electron chi connectivity index (χ4n) is 6.00. The number of halogens is 2. The summed E-state index contributed by atoms with van der Waals surface area (Å²) in [5.41, 5.74) is 0.903. The van der Waals surface area contributed by atoms with Gasteiger partial charge in [0.2, 0.25) is 0 Å². The van der Waals surface area contributed by atoms with Crippen LogP contribution in [0.15, 0.2) is 91.0 Å². The monoisotopic (exact) mass is 642 g/mol. The van der Waals surface area contributed by atoms with Crippen molar-refractivity contribution in [2.24, 2.45) is 0 Å². The molecule has 1 N–H and O–H groups in total. The van der Waals surface area contributed by atoms with E-state index >= 15 is 0 Å².